The average Bonchev–Trinajstić information content (AvgIpc) is 2.48. The molecule has 3 nitrogen and oxygen atoms in total. The first-order valence-corrected chi connectivity index (χ1v) is 7.71. The molecule has 3 heteroatoms. The summed E-state index contributed by atoms with van der Waals surface area (Å²) in [5.74, 6) is 1.44. The Labute approximate surface area is 127 Å². The Hall–Kier alpha value is -1.74. The molecule has 0 spiro atoms. The van der Waals surface area contributed by atoms with Gasteiger partial charge in [0.2, 0.25) is 0 Å². The van der Waals surface area contributed by atoms with E-state index in [-0.39, 0.29) is 6.04 Å². The van der Waals surface area contributed by atoms with E-state index in [1.165, 1.54) is 11.1 Å². The lowest BCUT2D eigenvalue weighted by molar-refractivity contribution is 0.521. The Morgan fingerprint density at radius 3 is 2.19 bits per heavy atom. The van der Waals surface area contributed by atoms with Crippen LogP contribution >= 0.6 is 0 Å². The molecule has 0 saturated heterocycles. The zero-order valence-electron chi connectivity index (χ0n) is 13.4. The van der Waals surface area contributed by atoms with E-state index in [1.807, 2.05) is 19.3 Å². The van der Waals surface area contributed by atoms with E-state index in [4.69, 9.17) is 0 Å². The van der Waals surface area contributed by atoms with Gasteiger partial charge in [0.05, 0.1) is 6.04 Å². The number of rotatable bonds is 6. The highest BCUT2D eigenvalue weighted by Crippen LogP contribution is 2.19. The number of nitrogens with one attached hydrogen (secondary N) is 1. The molecule has 1 aromatic heterocycles. The standard InChI is InChI=1S/C18H25N3/c1-5-19-17(18-20-11-14(4)12-21-18)10-15-6-8-16(9-7-15)13(2)3/h6-9,11-13,17,19H,5,10H2,1-4H3. The molecule has 0 saturated carbocycles. The number of aryl methyl sites for hydroxylation is 1. The van der Waals surface area contributed by atoms with E-state index in [0.717, 1.165) is 24.4 Å². The summed E-state index contributed by atoms with van der Waals surface area (Å²) in [6, 6.07) is 9.04. The van der Waals surface area contributed by atoms with Gasteiger partial charge in [-0.15, -0.1) is 0 Å². The second-order valence-corrected chi connectivity index (χ2v) is 5.83. The highest BCUT2D eigenvalue weighted by atomic mass is 15.0. The fraction of sp³-hybridized carbons (Fsp3) is 0.444. The second-order valence-electron chi connectivity index (χ2n) is 5.83. The molecular formula is C18H25N3. The van der Waals surface area contributed by atoms with Crippen LogP contribution in [0.15, 0.2) is 36.7 Å². The fourth-order valence-electron chi connectivity index (χ4n) is 2.36. The van der Waals surface area contributed by atoms with Crippen molar-refractivity contribution in [3.8, 4) is 0 Å². The first kappa shape index (κ1) is 15.6. The summed E-state index contributed by atoms with van der Waals surface area (Å²) in [6.07, 6.45) is 4.68. The van der Waals surface area contributed by atoms with Gasteiger partial charge < -0.3 is 5.32 Å². The van der Waals surface area contributed by atoms with Gasteiger partial charge in [-0.2, -0.15) is 0 Å². The smallest absolute Gasteiger partial charge is 0.145 e. The molecule has 1 unspecified atom stereocenters. The van der Waals surface area contributed by atoms with Gasteiger partial charge in [-0.25, -0.2) is 9.97 Å². The fourth-order valence-corrected chi connectivity index (χ4v) is 2.36. The van der Waals surface area contributed by atoms with Gasteiger partial charge in [-0.1, -0.05) is 45.0 Å². The van der Waals surface area contributed by atoms with E-state index in [9.17, 15) is 0 Å². The van der Waals surface area contributed by atoms with Gasteiger partial charge in [-0.05, 0) is 42.5 Å². The van der Waals surface area contributed by atoms with E-state index in [1.54, 1.807) is 0 Å². The highest BCUT2D eigenvalue weighted by Gasteiger charge is 2.14. The summed E-state index contributed by atoms with van der Waals surface area (Å²) in [6.45, 7) is 9.47. The number of hydrogen-bond acceptors (Lipinski definition) is 3. The SMILES string of the molecule is CCNC(Cc1ccc(C(C)C)cc1)c1ncc(C)cn1. The van der Waals surface area contributed by atoms with E-state index >= 15 is 0 Å². The number of nitrogens with zero attached hydrogens (tertiary/aromatic N) is 2. The minimum absolute atomic E-state index is 0.167. The Morgan fingerprint density at radius 1 is 1.05 bits per heavy atom. The Bertz CT molecular complexity index is 544. The van der Waals surface area contributed by atoms with Crippen molar-refractivity contribution in [2.75, 3.05) is 6.54 Å². The van der Waals surface area contributed by atoms with Gasteiger partial charge in [0.15, 0.2) is 0 Å². The summed E-state index contributed by atoms with van der Waals surface area (Å²) in [5, 5.41) is 3.48. The van der Waals surface area contributed by atoms with Crippen LogP contribution in [0.5, 0.6) is 0 Å². The third kappa shape index (κ3) is 4.36. The molecule has 0 amide bonds. The van der Waals surface area contributed by atoms with Crippen LogP contribution in [0.3, 0.4) is 0 Å². The van der Waals surface area contributed by atoms with E-state index < -0.39 is 0 Å². The molecule has 1 heterocycles. The first-order valence-electron chi connectivity index (χ1n) is 7.71. The number of hydrogen-bond donors (Lipinski definition) is 1. The van der Waals surface area contributed by atoms with Crippen LogP contribution < -0.4 is 5.32 Å². The van der Waals surface area contributed by atoms with Crippen molar-refractivity contribution >= 4 is 0 Å². The second kappa shape index (κ2) is 7.32. The van der Waals surface area contributed by atoms with E-state index in [0.29, 0.717) is 5.92 Å². The minimum atomic E-state index is 0.167. The van der Waals surface area contributed by atoms with Crippen molar-refractivity contribution in [1.29, 1.82) is 0 Å². The third-order valence-corrected chi connectivity index (χ3v) is 3.65. The van der Waals surface area contributed by atoms with Crippen molar-refractivity contribution in [3.63, 3.8) is 0 Å². The molecule has 1 atom stereocenters. The minimum Gasteiger partial charge on any atom is -0.307 e. The molecule has 0 aliphatic carbocycles. The first-order chi connectivity index (χ1) is 10.1. The molecular weight excluding hydrogens is 258 g/mol. The monoisotopic (exact) mass is 283 g/mol. The van der Waals surface area contributed by atoms with Crippen molar-refractivity contribution in [2.24, 2.45) is 0 Å². The molecule has 2 aromatic rings. The van der Waals surface area contributed by atoms with Crippen LogP contribution in [0.2, 0.25) is 0 Å². The lowest BCUT2D eigenvalue weighted by Crippen LogP contribution is -2.25. The normalized spacial score (nSPS) is 12.6. The quantitative estimate of drug-likeness (QED) is 0.876. The van der Waals surface area contributed by atoms with E-state index in [2.05, 4.69) is 60.3 Å². The predicted octanol–water partition coefficient (Wildman–Crippen LogP) is 3.80. The van der Waals surface area contributed by atoms with Crippen LogP contribution in [-0.4, -0.2) is 16.5 Å². The van der Waals surface area contributed by atoms with Gasteiger partial charge in [0.25, 0.3) is 0 Å². The topological polar surface area (TPSA) is 37.8 Å². The maximum Gasteiger partial charge on any atom is 0.145 e. The van der Waals surface area contributed by atoms with Gasteiger partial charge in [-0.3, -0.25) is 0 Å². The van der Waals surface area contributed by atoms with Crippen molar-refractivity contribution < 1.29 is 0 Å². The molecule has 1 N–H and O–H groups in total. The summed E-state index contributed by atoms with van der Waals surface area (Å²) in [4.78, 5) is 8.93. The van der Waals surface area contributed by atoms with Crippen LogP contribution in [0, 0.1) is 6.92 Å². The lowest BCUT2D eigenvalue weighted by atomic mass is 9.99. The van der Waals surface area contributed by atoms with Gasteiger partial charge in [0, 0.05) is 12.4 Å². The summed E-state index contributed by atoms with van der Waals surface area (Å²) < 4.78 is 0. The van der Waals surface area contributed by atoms with Crippen molar-refractivity contribution in [1.82, 2.24) is 15.3 Å². The number of benzene rings is 1. The zero-order valence-corrected chi connectivity index (χ0v) is 13.4. The van der Waals surface area contributed by atoms with Crippen LogP contribution in [-0.2, 0) is 6.42 Å². The van der Waals surface area contributed by atoms with Gasteiger partial charge >= 0.3 is 0 Å². The molecule has 0 aliphatic heterocycles. The maximum atomic E-state index is 4.47. The largest absolute Gasteiger partial charge is 0.307 e. The van der Waals surface area contributed by atoms with Crippen LogP contribution in [0.4, 0.5) is 0 Å². The highest BCUT2D eigenvalue weighted by molar-refractivity contribution is 5.25. The maximum absolute atomic E-state index is 4.47. The zero-order chi connectivity index (χ0) is 15.2. The molecule has 0 bridgehead atoms. The molecule has 0 aliphatic rings. The molecule has 0 radical (unpaired) electrons. The third-order valence-electron chi connectivity index (χ3n) is 3.65. The summed E-state index contributed by atoms with van der Waals surface area (Å²) in [5.41, 5.74) is 3.79. The molecule has 21 heavy (non-hydrogen) atoms. The van der Waals surface area contributed by atoms with Crippen molar-refractivity contribution in [3.05, 3.63) is 59.2 Å². The van der Waals surface area contributed by atoms with Crippen molar-refractivity contribution in [2.45, 2.75) is 46.1 Å². The Balaban J connectivity index is 2.13. The molecule has 1 aromatic carbocycles. The van der Waals surface area contributed by atoms with Crippen LogP contribution in [0.1, 0.15) is 55.2 Å². The number of likely N-dealkylation sites (N-methyl/N-ethyl adjacent to an activating group) is 1. The molecule has 0 fully saturated rings. The Morgan fingerprint density at radius 2 is 1.67 bits per heavy atom. The predicted molar refractivity (Wildman–Crippen MR) is 87.4 cm³/mol. The molecule has 2 rings (SSSR count). The molecule has 112 valence electrons. The number of aromatic nitrogens is 2. The van der Waals surface area contributed by atoms with Crippen LogP contribution in [0.25, 0.3) is 0 Å². The van der Waals surface area contributed by atoms with Gasteiger partial charge in [0.1, 0.15) is 5.82 Å². The summed E-state index contributed by atoms with van der Waals surface area (Å²) >= 11 is 0. The average molecular weight is 283 g/mol. The summed E-state index contributed by atoms with van der Waals surface area (Å²) in [7, 11) is 0. The Kier molecular flexibility index (Phi) is 5.45. The lowest BCUT2D eigenvalue weighted by Gasteiger charge is -2.17.